The minimum absolute atomic E-state index is 0.162. The first-order valence-electron chi connectivity index (χ1n) is 9.04. The fourth-order valence-corrected chi connectivity index (χ4v) is 4.11. The largest absolute Gasteiger partial charge is 0.417 e. The molecule has 8 heteroatoms. The molecule has 1 N–H and O–H groups in total. The Morgan fingerprint density at radius 1 is 1.10 bits per heavy atom. The number of halogens is 4. The van der Waals surface area contributed by atoms with Crippen molar-refractivity contribution in [3.63, 3.8) is 0 Å². The summed E-state index contributed by atoms with van der Waals surface area (Å²) in [6.07, 6.45) is -3.23. The first kappa shape index (κ1) is 20.9. The van der Waals surface area contributed by atoms with Gasteiger partial charge in [-0.2, -0.15) is 18.4 Å². The minimum atomic E-state index is -4.57. The van der Waals surface area contributed by atoms with Crippen LogP contribution >= 0.6 is 22.9 Å². The molecule has 31 heavy (non-hydrogen) atoms. The molecule has 0 radical (unpaired) electrons. The van der Waals surface area contributed by atoms with Crippen molar-refractivity contribution < 1.29 is 13.2 Å². The Balaban J connectivity index is 1.63. The number of alkyl halides is 3. The number of hydrogen-bond acceptors (Lipinski definition) is 4. The highest BCUT2D eigenvalue weighted by Gasteiger charge is 2.33. The Kier molecular flexibility index (Phi) is 5.68. The van der Waals surface area contributed by atoms with E-state index in [0.29, 0.717) is 5.01 Å². The molecule has 0 spiro atoms. The second-order valence-corrected chi connectivity index (χ2v) is 7.84. The standard InChI is InChI=1S/C23H13ClF3N3S/c24-20-9-8-16(10-19(20)23(25,26)27)29-12-15(11-28)22-30-21(13-31-22)18-7-3-5-14-4-1-2-6-17(14)18/h1-10,12-13,29H/b15-12+. The molecule has 0 aliphatic carbocycles. The van der Waals surface area contributed by atoms with Crippen LogP contribution in [0, 0.1) is 11.3 Å². The zero-order valence-corrected chi connectivity index (χ0v) is 17.3. The van der Waals surface area contributed by atoms with Crippen molar-refractivity contribution in [1.29, 1.82) is 5.26 Å². The molecule has 0 atom stereocenters. The van der Waals surface area contributed by atoms with Crippen LogP contribution in [0.3, 0.4) is 0 Å². The van der Waals surface area contributed by atoms with Gasteiger partial charge in [0.2, 0.25) is 0 Å². The molecule has 0 unspecified atom stereocenters. The average molecular weight is 456 g/mol. The van der Waals surface area contributed by atoms with E-state index >= 15 is 0 Å². The van der Waals surface area contributed by atoms with Gasteiger partial charge >= 0.3 is 6.18 Å². The van der Waals surface area contributed by atoms with Gasteiger partial charge in [0.1, 0.15) is 16.6 Å². The summed E-state index contributed by atoms with van der Waals surface area (Å²) in [5.74, 6) is 0. The van der Waals surface area contributed by atoms with Crippen molar-refractivity contribution >= 4 is 45.0 Å². The lowest BCUT2D eigenvalue weighted by atomic mass is 10.0. The summed E-state index contributed by atoms with van der Waals surface area (Å²) in [5, 5.41) is 16.3. The number of nitrogens with one attached hydrogen (secondary N) is 1. The van der Waals surface area contributed by atoms with Gasteiger partial charge in [-0.25, -0.2) is 4.98 Å². The van der Waals surface area contributed by atoms with E-state index in [1.165, 1.54) is 23.6 Å². The molecule has 0 aliphatic rings. The van der Waals surface area contributed by atoms with Gasteiger partial charge in [0.25, 0.3) is 0 Å². The maximum absolute atomic E-state index is 13.0. The number of nitrogens with zero attached hydrogens (tertiary/aromatic N) is 2. The molecule has 0 amide bonds. The lowest BCUT2D eigenvalue weighted by Crippen LogP contribution is -2.06. The molecule has 1 heterocycles. The maximum atomic E-state index is 13.0. The number of thiazole rings is 1. The molecule has 0 fully saturated rings. The predicted molar refractivity (Wildman–Crippen MR) is 119 cm³/mol. The summed E-state index contributed by atoms with van der Waals surface area (Å²) in [6, 6.07) is 19.4. The van der Waals surface area contributed by atoms with E-state index in [-0.39, 0.29) is 16.3 Å². The van der Waals surface area contributed by atoms with Gasteiger partial charge < -0.3 is 5.32 Å². The third kappa shape index (κ3) is 4.41. The minimum Gasteiger partial charge on any atom is -0.360 e. The summed E-state index contributed by atoms with van der Waals surface area (Å²) < 4.78 is 39.1. The van der Waals surface area contributed by atoms with E-state index in [1.807, 2.05) is 53.9 Å². The highest BCUT2D eigenvalue weighted by Crippen LogP contribution is 2.36. The first-order valence-corrected chi connectivity index (χ1v) is 10.3. The van der Waals surface area contributed by atoms with E-state index in [4.69, 9.17) is 11.6 Å². The summed E-state index contributed by atoms with van der Waals surface area (Å²) in [5.41, 5.74) is 1.09. The summed E-state index contributed by atoms with van der Waals surface area (Å²) in [6.45, 7) is 0. The Morgan fingerprint density at radius 2 is 1.87 bits per heavy atom. The van der Waals surface area contributed by atoms with Crippen molar-refractivity contribution in [3.8, 4) is 17.3 Å². The average Bonchev–Trinajstić information content (AvgIpc) is 3.24. The number of aromatic nitrogens is 1. The molecular formula is C23H13ClF3N3S. The van der Waals surface area contributed by atoms with Gasteiger partial charge in [-0.3, -0.25) is 0 Å². The molecule has 0 bridgehead atoms. The van der Waals surface area contributed by atoms with E-state index in [9.17, 15) is 18.4 Å². The SMILES string of the molecule is N#C/C(=C\Nc1ccc(Cl)c(C(F)(F)F)c1)c1nc(-c2cccc3ccccc23)cs1. The second-order valence-electron chi connectivity index (χ2n) is 6.57. The van der Waals surface area contributed by atoms with Crippen LogP contribution in [0.4, 0.5) is 18.9 Å². The lowest BCUT2D eigenvalue weighted by molar-refractivity contribution is -0.137. The second kappa shape index (κ2) is 8.42. The molecule has 0 saturated carbocycles. The van der Waals surface area contributed by atoms with Gasteiger partial charge in [-0.05, 0) is 29.0 Å². The third-order valence-electron chi connectivity index (χ3n) is 4.58. The van der Waals surface area contributed by atoms with Gasteiger partial charge in [0.15, 0.2) is 0 Å². The molecule has 3 nitrogen and oxygen atoms in total. The van der Waals surface area contributed by atoms with Gasteiger partial charge in [-0.15, -0.1) is 11.3 Å². The quantitative estimate of drug-likeness (QED) is 0.322. The van der Waals surface area contributed by atoms with E-state index in [0.717, 1.165) is 34.2 Å². The third-order valence-corrected chi connectivity index (χ3v) is 5.78. The van der Waals surface area contributed by atoms with Gasteiger partial charge in [0, 0.05) is 22.8 Å². The number of fused-ring (bicyclic) bond motifs is 1. The fourth-order valence-electron chi connectivity index (χ4n) is 3.10. The molecular weight excluding hydrogens is 443 g/mol. The van der Waals surface area contributed by atoms with E-state index in [2.05, 4.69) is 10.3 Å². The number of hydrogen-bond donors (Lipinski definition) is 1. The van der Waals surface area contributed by atoms with Crippen LogP contribution in [-0.2, 0) is 6.18 Å². The molecule has 3 aromatic carbocycles. The number of rotatable bonds is 4. The monoisotopic (exact) mass is 455 g/mol. The van der Waals surface area contributed by atoms with Crippen LogP contribution in [0.15, 0.2) is 72.2 Å². The molecule has 1 aromatic heterocycles. The van der Waals surface area contributed by atoms with Gasteiger partial charge in [0.05, 0.1) is 16.3 Å². The van der Waals surface area contributed by atoms with Crippen LogP contribution < -0.4 is 5.32 Å². The Labute approximate surface area is 185 Å². The van der Waals surface area contributed by atoms with Crippen LogP contribution in [0.25, 0.3) is 27.6 Å². The van der Waals surface area contributed by atoms with Gasteiger partial charge in [-0.1, -0.05) is 54.1 Å². The number of nitriles is 1. The fraction of sp³-hybridized carbons (Fsp3) is 0.0435. The normalized spacial score (nSPS) is 12.0. The summed E-state index contributed by atoms with van der Waals surface area (Å²) in [4.78, 5) is 4.57. The van der Waals surface area contributed by atoms with Crippen molar-refractivity contribution in [2.75, 3.05) is 5.32 Å². The molecule has 154 valence electrons. The zero-order chi connectivity index (χ0) is 22.0. The highest BCUT2D eigenvalue weighted by atomic mass is 35.5. The van der Waals surface area contributed by atoms with E-state index in [1.54, 1.807) is 0 Å². The summed E-state index contributed by atoms with van der Waals surface area (Å²) in [7, 11) is 0. The van der Waals surface area contributed by atoms with Crippen LogP contribution in [0.2, 0.25) is 5.02 Å². The van der Waals surface area contributed by atoms with Crippen LogP contribution in [0.5, 0.6) is 0 Å². The highest BCUT2D eigenvalue weighted by molar-refractivity contribution is 7.11. The first-order chi connectivity index (χ1) is 14.9. The van der Waals surface area contributed by atoms with E-state index < -0.39 is 11.7 Å². The maximum Gasteiger partial charge on any atom is 0.417 e. The number of anilines is 1. The molecule has 0 saturated heterocycles. The Bertz CT molecular complexity index is 1330. The van der Waals surface area contributed by atoms with Crippen LogP contribution in [-0.4, -0.2) is 4.98 Å². The Morgan fingerprint density at radius 3 is 2.65 bits per heavy atom. The smallest absolute Gasteiger partial charge is 0.360 e. The molecule has 4 rings (SSSR count). The van der Waals surface area contributed by atoms with Crippen molar-refractivity contribution in [3.05, 3.63) is 87.8 Å². The van der Waals surface area contributed by atoms with Crippen molar-refractivity contribution in [2.45, 2.75) is 6.18 Å². The predicted octanol–water partition coefficient (Wildman–Crippen LogP) is 7.61. The number of benzene rings is 3. The number of allylic oxidation sites excluding steroid dienone is 1. The molecule has 4 aromatic rings. The van der Waals surface area contributed by atoms with Crippen LogP contribution in [0.1, 0.15) is 10.6 Å². The molecule has 0 aliphatic heterocycles. The topological polar surface area (TPSA) is 48.7 Å². The summed E-state index contributed by atoms with van der Waals surface area (Å²) >= 11 is 6.93. The zero-order valence-electron chi connectivity index (χ0n) is 15.7. The Hall–Kier alpha value is -3.34. The van der Waals surface area contributed by atoms with Crippen molar-refractivity contribution in [1.82, 2.24) is 4.98 Å². The van der Waals surface area contributed by atoms with Crippen molar-refractivity contribution in [2.24, 2.45) is 0 Å². The lowest BCUT2D eigenvalue weighted by Gasteiger charge is -2.10.